The first-order valence-electron chi connectivity index (χ1n) is 6.15. The van der Waals surface area contributed by atoms with Crippen molar-refractivity contribution in [2.45, 2.75) is 38.0 Å². The number of hydrogen-bond acceptors (Lipinski definition) is 5. The predicted molar refractivity (Wildman–Crippen MR) is 58.2 cm³/mol. The summed E-state index contributed by atoms with van der Waals surface area (Å²) in [5.41, 5.74) is 0. The van der Waals surface area contributed by atoms with Gasteiger partial charge in [0.2, 0.25) is 5.89 Å². The topological polar surface area (TPSA) is 65.2 Å². The van der Waals surface area contributed by atoms with Crippen molar-refractivity contribution in [3.8, 4) is 0 Å². The van der Waals surface area contributed by atoms with Crippen LogP contribution in [0.4, 0.5) is 0 Å². The van der Waals surface area contributed by atoms with E-state index in [9.17, 15) is 4.79 Å². The number of carbonyl (C=O) groups is 1. The van der Waals surface area contributed by atoms with Crippen molar-refractivity contribution in [3.05, 3.63) is 11.7 Å². The Balaban J connectivity index is 1.70. The maximum atomic E-state index is 11.1. The Morgan fingerprint density at radius 1 is 1.47 bits per heavy atom. The highest BCUT2D eigenvalue weighted by Crippen LogP contribution is 2.52. The van der Waals surface area contributed by atoms with Crippen molar-refractivity contribution in [2.75, 3.05) is 7.11 Å². The highest BCUT2D eigenvalue weighted by Gasteiger charge is 2.42. The summed E-state index contributed by atoms with van der Waals surface area (Å²) in [6.45, 7) is 0. The van der Waals surface area contributed by atoms with E-state index in [0.717, 1.165) is 17.7 Å². The van der Waals surface area contributed by atoms with E-state index in [1.807, 2.05) is 0 Å². The molecule has 2 bridgehead atoms. The summed E-state index contributed by atoms with van der Waals surface area (Å²) in [5.74, 6) is 2.85. The summed E-state index contributed by atoms with van der Waals surface area (Å²) in [5, 5.41) is 4.01. The van der Waals surface area contributed by atoms with Crippen molar-refractivity contribution < 1.29 is 14.1 Å². The minimum atomic E-state index is -0.340. The van der Waals surface area contributed by atoms with Crippen LogP contribution in [-0.2, 0) is 16.0 Å². The fourth-order valence-electron chi connectivity index (χ4n) is 3.25. The molecule has 0 aliphatic heterocycles. The Hall–Kier alpha value is -1.39. The van der Waals surface area contributed by atoms with Crippen LogP contribution in [0, 0.1) is 11.8 Å². The molecule has 0 amide bonds. The zero-order valence-electron chi connectivity index (χ0n) is 9.89. The molecule has 17 heavy (non-hydrogen) atoms. The van der Waals surface area contributed by atoms with Crippen LogP contribution in [0.3, 0.4) is 0 Å². The number of hydrogen-bond donors (Lipinski definition) is 0. The first-order chi connectivity index (χ1) is 8.26. The van der Waals surface area contributed by atoms with Gasteiger partial charge in [0.15, 0.2) is 5.82 Å². The normalized spacial score (nSPS) is 30.8. The molecule has 3 atom stereocenters. The average molecular weight is 236 g/mol. The molecule has 2 saturated carbocycles. The van der Waals surface area contributed by atoms with E-state index < -0.39 is 0 Å². The number of ether oxygens (including phenoxy) is 1. The molecule has 92 valence electrons. The second kappa shape index (κ2) is 4.13. The summed E-state index contributed by atoms with van der Waals surface area (Å²) >= 11 is 0. The Morgan fingerprint density at radius 3 is 3.00 bits per heavy atom. The summed E-state index contributed by atoms with van der Waals surface area (Å²) < 4.78 is 9.67. The lowest BCUT2D eigenvalue weighted by Gasteiger charge is -2.17. The van der Waals surface area contributed by atoms with E-state index in [2.05, 4.69) is 14.9 Å². The second-order valence-electron chi connectivity index (χ2n) is 5.08. The lowest BCUT2D eigenvalue weighted by molar-refractivity contribution is -0.140. The van der Waals surface area contributed by atoms with Crippen LogP contribution < -0.4 is 0 Å². The molecule has 2 fully saturated rings. The van der Waals surface area contributed by atoms with E-state index in [0.29, 0.717) is 11.8 Å². The summed E-state index contributed by atoms with van der Waals surface area (Å²) in [4.78, 5) is 15.4. The molecule has 0 N–H and O–H groups in total. The molecule has 5 heteroatoms. The van der Waals surface area contributed by atoms with E-state index in [4.69, 9.17) is 4.52 Å². The third-order valence-corrected chi connectivity index (χ3v) is 4.08. The largest absolute Gasteiger partial charge is 0.469 e. The lowest BCUT2D eigenvalue weighted by atomic mass is 9.88. The van der Waals surface area contributed by atoms with Gasteiger partial charge in [-0.05, 0) is 31.1 Å². The van der Waals surface area contributed by atoms with Crippen LogP contribution in [0.25, 0.3) is 0 Å². The van der Waals surface area contributed by atoms with Crippen LogP contribution >= 0.6 is 0 Å². The molecular weight excluding hydrogens is 220 g/mol. The zero-order chi connectivity index (χ0) is 11.8. The van der Waals surface area contributed by atoms with Gasteiger partial charge in [0, 0.05) is 5.92 Å². The van der Waals surface area contributed by atoms with E-state index >= 15 is 0 Å². The van der Waals surface area contributed by atoms with Crippen LogP contribution in [0.5, 0.6) is 0 Å². The predicted octanol–water partition coefficient (Wildman–Crippen LogP) is 1.69. The van der Waals surface area contributed by atoms with Gasteiger partial charge in [0.25, 0.3) is 0 Å². The van der Waals surface area contributed by atoms with Crippen LogP contribution in [-0.4, -0.2) is 23.2 Å². The van der Waals surface area contributed by atoms with E-state index in [-0.39, 0.29) is 12.4 Å². The monoisotopic (exact) mass is 236 g/mol. The molecule has 1 heterocycles. The van der Waals surface area contributed by atoms with Crippen LogP contribution in [0.2, 0.25) is 0 Å². The average Bonchev–Trinajstić information content (AvgIpc) is 3.03. The molecule has 0 radical (unpaired) electrons. The molecule has 5 nitrogen and oxygen atoms in total. The van der Waals surface area contributed by atoms with Crippen molar-refractivity contribution in [3.63, 3.8) is 0 Å². The SMILES string of the molecule is COC(=O)Cc1nc(C2CC3CCC2C3)no1. The van der Waals surface area contributed by atoms with Gasteiger partial charge in [-0.1, -0.05) is 11.6 Å². The van der Waals surface area contributed by atoms with Gasteiger partial charge in [0.1, 0.15) is 6.42 Å². The fraction of sp³-hybridized carbons (Fsp3) is 0.750. The van der Waals surface area contributed by atoms with Gasteiger partial charge in [-0.2, -0.15) is 4.98 Å². The van der Waals surface area contributed by atoms with Crippen molar-refractivity contribution >= 4 is 5.97 Å². The first-order valence-corrected chi connectivity index (χ1v) is 6.15. The van der Waals surface area contributed by atoms with Gasteiger partial charge in [-0.15, -0.1) is 0 Å². The van der Waals surface area contributed by atoms with Gasteiger partial charge < -0.3 is 9.26 Å². The molecule has 0 aromatic carbocycles. The lowest BCUT2D eigenvalue weighted by Crippen LogP contribution is -2.10. The summed E-state index contributed by atoms with van der Waals surface area (Å²) in [7, 11) is 1.36. The number of aromatic nitrogens is 2. The Labute approximate surface area is 99.5 Å². The highest BCUT2D eigenvalue weighted by atomic mass is 16.5. The van der Waals surface area contributed by atoms with Crippen LogP contribution in [0.15, 0.2) is 4.52 Å². The number of nitrogens with zero attached hydrogens (tertiary/aromatic N) is 2. The molecule has 0 saturated heterocycles. The Morgan fingerprint density at radius 2 is 2.35 bits per heavy atom. The minimum absolute atomic E-state index is 0.0737. The number of methoxy groups -OCH3 is 1. The molecule has 2 aliphatic carbocycles. The molecule has 0 spiro atoms. The fourth-order valence-corrected chi connectivity index (χ4v) is 3.25. The van der Waals surface area contributed by atoms with Crippen LogP contribution in [0.1, 0.15) is 43.3 Å². The molecule has 1 aromatic heterocycles. The summed E-state index contributed by atoms with van der Waals surface area (Å²) in [6.07, 6.45) is 5.21. The number of rotatable bonds is 3. The van der Waals surface area contributed by atoms with Crippen molar-refractivity contribution in [1.82, 2.24) is 10.1 Å². The highest BCUT2D eigenvalue weighted by molar-refractivity contribution is 5.71. The standard InChI is InChI=1S/C12H16N2O3/c1-16-11(15)6-10-13-12(14-17-10)9-5-7-2-3-8(9)4-7/h7-9H,2-6H2,1H3. The Kier molecular flexibility index (Phi) is 2.61. The molecular formula is C12H16N2O3. The molecule has 2 aliphatic rings. The number of esters is 1. The molecule has 1 aromatic rings. The minimum Gasteiger partial charge on any atom is -0.469 e. The molecule has 3 unspecified atom stereocenters. The van der Waals surface area contributed by atoms with Crippen molar-refractivity contribution in [2.24, 2.45) is 11.8 Å². The van der Waals surface area contributed by atoms with Gasteiger partial charge >= 0.3 is 5.97 Å². The number of carbonyl (C=O) groups excluding carboxylic acids is 1. The Bertz CT molecular complexity index is 429. The quantitative estimate of drug-likeness (QED) is 0.747. The van der Waals surface area contributed by atoms with Gasteiger partial charge in [-0.3, -0.25) is 4.79 Å². The maximum Gasteiger partial charge on any atom is 0.315 e. The third-order valence-electron chi connectivity index (χ3n) is 4.08. The second-order valence-corrected chi connectivity index (χ2v) is 5.08. The zero-order valence-corrected chi connectivity index (χ0v) is 9.89. The smallest absolute Gasteiger partial charge is 0.315 e. The summed E-state index contributed by atoms with van der Waals surface area (Å²) in [6, 6.07) is 0. The van der Waals surface area contributed by atoms with E-state index in [1.54, 1.807) is 0 Å². The maximum absolute atomic E-state index is 11.1. The first kappa shape index (κ1) is 10.7. The van der Waals surface area contributed by atoms with E-state index in [1.165, 1.54) is 32.8 Å². The third kappa shape index (κ3) is 1.94. The van der Waals surface area contributed by atoms with Gasteiger partial charge in [0.05, 0.1) is 7.11 Å². The number of fused-ring (bicyclic) bond motifs is 2. The molecule has 3 rings (SSSR count). The van der Waals surface area contributed by atoms with Gasteiger partial charge in [-0.25, -0.2) is 0 Å². The van der Waals surface area contributed by atoms with Crippen molar-refractivity contribution in [1.29, 1.82) is 0 Å².